The minimum atomic E-state index is -3.71. The molecule has 1 aliphatic heterocycles. The third kappa shape index (κ3) is 3.55. The number of allylic oxidation sites excluding steroid dienone is 1. The maximum atomic E-state index is 12.3. The highest BCUT2D eigenvalue weighted by Gasteiger charge is 2.37. The van der Waals surface area contributed by atoms with E-state index in [4.69, 9.17) is 5.11 Å². The van der Waals surface area contributed by atoms with Crippen LogP contribution in [0.5, 0.6) is 0 Å². The second-order valence-corrected chi connectivity index (χ2v) is 6.72. The summed E-state index contributed by atoms with van der Waals surface area (Å²) in [6.45, 7) is 0.287. The smallest absolute Gasteiger partial charge is 0.322 e. The molecule has 1 saturated heterocycles. The van der Waals surface area contributed by atoms with Crippen molar-refractivity contribution >= 4 is 16.2 Å². The summed E-state index contributed by atoms with van der Waals surface area (Å²) in [5, 5.41) is 9.13. The summed E-state index contributed by atoms with van der Waals surface area (Å²) in [4.78, 5) is 11.2. The van der Waals surface area contributed by atoms with Crippen LogP contribution in [-0.4, -0.2) is 42.4 Å². The van der Waals surface area contributed by atoms with E-state index in [1.54, 1.807) is 0 Å². The van der Waals surface area contributed by atoms with Crippen molar-refractivity contribution in [3.05, 3.63) is 12.2 Å². The standard InChI is InChI=1S/C12H20N2O4S/c15-12(16)11-8-4-5-9-14(11)19(17,18)13-10-6-2-1-3-7-10/h1-2,10-11,13H,3-9H2,(H,15,16). The van der Waals surface area contributed by atoms with Crippen LogP contribution in [0.25, 0.3) is 0 Å². The zero-order valence-corrected chi connectivity index (χ0v) is 11.6. The van der Waals surface area contributed by atoms with Crippen molar-refractivity contribution in [2.45, 2.75) is 50.6 Å². The lowest BCUT2D eigenvalue weighted by Gasteiger charge is -2.33. The first kappa shape index (κ1) is 14.5. The van der Waals surface area contributed by atoms with E-state index in [0.717, 1.165) is 30.0 Å². The van der Waals surface area contributed by atoms with Crippen molar-refractivity contribution in [2.24, 2.45) is 0 Å². The van der Waals surface area contributed by atoms with E-state index in [1.165, 1.54) is 0 Å². The number of piperidine rings is 1. The van der Waals surface area contributed by atoms with Crippen molar-refractivity contribution < 1.29 is 18.3 Å². The molecule has 2 N–H and O–H groups in total. The molecule has 0 amide bonds. The Morgan fingerprint density at radius 1 is 1.26 bits per heavy atom. The van der Waals surface area contributed by atoms with E-state index in [1.807, 2.05) is 12.2 Å². The molecule has 0 saturated carbocycles. The minimum Gasteiger partial charge on any atom is -0.480 e. The van der Waals surface area contributed by atoms with E-state index >= 15 is 0 Å². The molecule has 19 heavy (non-hydrogen) atoms. The average molecular weight is 288 g/mol. The molecule has 2 aliphatic rings. The van der Waals surface area contributed by atoms with Crippen LogP contribution in [0.3, 0.4) is 0 Å². The maximum Gasteiger partial charge on any atom is 0.322 e. The topological polar surface area (TPSA) is 86.7 Å². The summed E-state index contributed by atoms with van der Waals surface area (Å²) in [6.07, 6.45) is 8.15. The lowest BCUT2D eigenvalue weighted by Crippen LogP contribution is -2.54. The normalized spacial score (nSPS) is 29.3. The van der Waals surface area contributed by atoms with E-state index < -0.39 is 22.2 Å². The second-order valence-electron chi connectivity index (χ2n) is 5.06. The fourth-order valence-corrected chi connectivity index (χ4v) is 4.29. The fraction of sp³-hybridized carbons (Fsp3) is 0.750. The first-order chi connectivity index (χ1) is 9.00. The monoisotopic (exact) mass is 288 g/mol. The number of hydrogen-bond donors (Lipinski definition) is 2. The molecule has 2 unspecified atom stereocenters. The largest absolute Gasteiger partial charge is 0.480 e. The first-order valence-corrected chi connectivity index (χ1v) is 8.11. The van der Waals surface area contributed by atoms with Crippen LogP contribution < -0.4 is 4.72 Å². The van der Waals surface area contributed by atoms with E-state index in [2.05, 4.69) is 4.72 Å². The number of carbonyl (C=O) groups is 1. The molecule has 2 rings (SSSR count). The Hall–Kier alpha value is -0.920. The van der Waals surface area contributed by atoms with Crippen LogP contribution in [-0.2, 0) is 15.0 Å². The van der Waals surface area contributed by atoms with Gasteiger partial charge in [-0.3, -0.25) is 4.79 Å². The Bertz CT molecular complexity index is 460. The number of aliphatic carboxylic acids is 1. The summed E-state index contributed by atoms with van der Waals surface area (Å²) in [5.41, 5.74) is 0. The van der Waals surface area contributed by atoms with Crippen LogP contribution >= 0.6 is 0 Å². The van der Waals surface area contributed by atoms with Crippen molar-refractivity contribution in [3.8, 4) is 0 Å². The van der Waals surface area contributed by atoms with Crippen LogP contribution in [0.4, 0.5) is 0 Å². The third-order valence-electron chi connectivity index (χ3n) is 3.63. The van der Waals surface area contributed by atoms with Gasteiger partial charge in [-0.1, -0.05) is 12.2 Å². The van der Waals surface area contributed by atoms with Crippen molar-refractivity contribution in [2.75, 3.05) is 6.54 Å². The van der Waals surface area contributed by atoms with Crippen molar-refractivity contribution in [1.82, 2.24) is 9.03 Å². The molecule has 1 aliphatic carbocycles. The van der Waals surface area contributed by atoms with Crippen LogP contribution in [0, 0.1) is 0 Å². The maximum absolute atomic E-state index is 12.3. The highest BCUT2D eigenvalue weighted by Crippen LogP contribution is 2.21. The summed E-state index contributed by atoms with van der Waals surface area (Å²) < 4.78 is 28.3. The molecule has 0 aromatic carbocycles. The van der Waals surface area contributed by atoms with Gasteiger partial charge in [0.1, 0.15) is 6.04 Å². The molecule has 0 radical (unpaired) electrons. The van der Waals surface area contributed by atoms with Crippen LogP contribution in [0.2, 0.25) is 0 Å². The van der Waals surface area contributed by atoms with Crippen LogP contribution in [0.15, 0.2) is 12.2 Å². The molecule has 0 spiro atoms. The average Bonchev–Trinajstić information content (AvgIpc) is 2.39. The van der Waals surface area contributed by atoms with Gasteiger partial charge in [-0.05, 0) is 38.5 Å². The van der Waals surface area contributed by atoms with Gasteiger partial charge in [0.2, 0.25) is 0 Å². The van der Waals surface area contributed by atoms with E-state index in [0.29, 0.717) is 12.8 Å². The van der Waals surface area contributed by atoms with Gasteiger partial charge in [0.25, 0.3) is 10.2 Å². The number of carboxylic acid groups (broad SMARTS) is 1. The molecular formula is C12H20N2O4S. The first-order valence-electron chi connectivity index (χ1n) is 6.67. The zero-order valence-electron chi connectivity index (χ0n) is 10.8. The summed E-state index contributed by atoms with van der Waals surface area (Å²) in [5.74, 6) is -1.06. The Balaban J connectivity index is 2.08. The SMILES string of the molecule is O=C(O)C1CCCCN1S(=O)(=O)NC1CC=CCC1. The van der Waals surface area contributed by atoms with Gasteiger partial charge >= 0.3 is 5.97 Å². The quantitative estimate of drug-likeness (QED) is 0.751. The van der Waals surface area contributed by atoms with Gasteiger partial charge in [-0.2, -0.15) is 17.4 Å². The molecular weight excluding hydrogens is 268 g/mol. The second kappa shape index (κ2) is 6.02. The number of nitrogens with one attached hydrogen (secondary N) is 1. The minimum absolute atomic E-state index is 0.119. The Morgan fingerprint density at radius 3 is 2.68 bits per heavy atom. The lowest BCUT2D eigenvalue weighted by atomic mass is 10.0. The van der Waals surface area contributed by atoms with Gasteiger partial charge in [0.15, 0.2) is 0 Å². The highest BCUT2D eigenvalue weighted by molar-refractivity contribution is 7.87. The van der Waals surface area contributed by atoms with E-state index in [9.17, 15) is 13.2 Å². The Kier molecular flexibility index (Phi) is 4.59. The van der Waals surface area contributed by atoms with Crippen LogP contribution in [0.1, 0.15) is 38.5 Å². The molecule has 0 aromatic rings. The molecule has 2 atom stereocenters. The summed E-state index contributed by atoms with van der Waals surface area (Å²) in [7, 11) is -3.71. The lowest BCUT2D eigenvalue weighted by molar-refractivity contribution is -0.142. The van der Waals surface area contributed by atoms with Gasteiger partial charge in [0.05, 0.1) is 0 Å². The van der Waals surface area contributed by atoms with Crippen molar-refractivity contribution in [1.29, 1.82) is 0 Å². The summed E-state index contributed by atoms with van der Waals surface area (Å²) in [6, 6.07) is -1.04. The van der Waals surface area contributed by atoms with Crippen molar-refractivity contribution in [3.63, 3.8) is 0 Å². The number of carboxylic acids is 1. The molecule has 1 heterocycles. The predicted molar refractivity (Wildman–Crippen MR) is 70.8 cm³/mol. The Labute approximate surface area is 113 Å². The fourth-order valence-electron chi connectivity index (χ4n) is 2.62. The summed E-state index contributed by atoms with van der Waals surface area (Å²) >= 11 is 0. The Morgan fingerprint density at radius 2 is 2.05 bits per heavy atom. The molecule has 108 valence electrons. The molecule has 0 bridgehead atoms. The van der Waals surface area contributed by atoms with E-state index in [-0.39, 0.29) is 12.6 Å². The van der Waals surface area contributed by atoms with Gasteiger partial charge in [0, 0.05) is 12.6 Å². The van der Waals surface area contributed by atoms with Gasteiger partial charge in [-0.15, -0.1) is 0 Å². The number of nitrogens with zero attached hydrogens (tertiary/aromatic N) is 1. The van der Waals surface area contributed by atoms with Gasteiger partial charge in [-0.25, -0.2) is 0 Å². The molecule has 6 nitrogen and oxygen atoms in total. The van der Waals surface area contributed by atoms with Gasteiger partial charge < -0.3 is 5.11 Å². The number of rotatable bonds is 4. The molecule has 7 heteroatoms. The zero-order chi connectivity index (χ0) is 13.9. The highest BCUT2D eigenvalue weighted by atomic mass is 32.2. The molecule has 0 aromatic heterocycles. The third-order valence-corrected chi connectivity index (χ3v) is 5.32. The molecule has 1 fully saturated rings. The number of hydrogen-bond acceptors (Lipinski definition) is 3. The predicted octanol–water partition coefficient (Wildman–Crippen LogP) is 0.869.